The number of halogens is 4. The van der Waals surface area contributed by atoms with Gasteiger partial charge in [0.25, 0.3) is 0 Å². The Bertz CT molecular complexity index is 1280. The predicted molar refractivity (Wildman–Crippen MR) is 125 cm³/mol. The third kappa shape index (κ3) is 4.77. The Labute approximate surface area is 206 Å². The first-order chi connectivity index (χ1) is 16.9. The van der Waals surface area contributed by atoms with E-state index in [0.29, 0.717) is 60.4 Å². The topological polar surface area (TPSA) is 59.7 Å². The molecule has 10 heteroatoms. The number of hydrogen-bond acceptors (Lipinski definition) is 4. The minimum absolute atomic E-state index is 0.0401. The van der Waals surface area contributed by atoms with Gasteiger partial charge in [-0.15, -0.1) is 0 Å². The van der Waals surface area contributed by atoms with Crippen LogP contribution in [0, 0.1) is 23.6 Å². The van der Waals surface area contributed by atoms with E-state index in [9.17, 15) is 22.4 Å². The summed E-state index contributed by atoms with van der Waals surface area (Å²) < 4.78 is 60.7. The predicted octanol–water partition coefficient (Wildman–Crippen LogP) is 5.99. The number of pyridine rings is 1. The molecule has 0 spiro atoms. The summed E-state index contributed by atoms with van der Waals surface area (Å²) in [6.45, 7) is 6.82. The Balaban J connectivity index is 1.36. The second-order valence-corrected chi connectivity index (χ2v) is 10.8. The Morgan fingerprint density at radius 1 is 1.08 bits per heavy atom. The number of hydrogen-bond donors (Lipinski definition) is 0. The van der Waals surface area contributed by atoms with Crippen molar-refractivity contribution >= 4 is 11.7 Å². The number of alkyl halides is 3. The van der Waals surface area contributed by atoms with E-state index in [2.05, 4.69) is 10.1 Å². The normalized spacial score (nSPS) is 22.3. The Hall–Kier alpha value is -3.17. The first-order valence-electron chi connectivity index (χ1n) is 12.1. The SMILES string of the molecule is CC(C)(C)OC(=O)N1C[C@H]2CC[C@@H](C1)C2Cc1nc2c(-c3ccc(C(F)(F)F)cc3F)cccn2n1. The van der Waals surface area contributed by atoms with Crippen LogP contribution < -0.4 is 0 Å². The zero-order valence-corrected chi connectivity index (χ0v) is 20.3. The summed E-state index contributed by atoms with van der Waals surface area (Å²) in [5.41, 5.74) is -0.767. The molecular formula is C26H28F4N4O2. The number of fused-ring (bicyclic) bond motifs is 3. The van der Waals surface area contributed by atoms with Gasteiger partial charge < -0.3 is 9.64 Å². The van der Waals surface area contributed by atoms with E-state index in [-0.39, 0.29) is 11.7 Å². The summed E-state index contributed by atoms with van der Waals surface area (Å²) in [5.74, 6) is 0.578. The fourth-order valence-electron chi connectivity index (χ4n) is 5.51. The minimum atomic E-state index is -4.62. The van der Waals surface area contributed by atoms with E-state index >= 15 is 0 Å². The molecule has 1 saturated carbocycles. The highest BCUT2D eigenvalue weighted by Gasteiger charge is 2.44. The van der Waals surface area contributed by atoms with Crippen LogP contribution in [0.25, 0.3) is 16.8 Å². The number of ether oxygens (including phenoxy) is 1. The molecule has 1 unspecified atom stereocenters. The van der Waals surface area contributed by atoms with Crippen molar-refractivity contribution in [3.05, 3.63) is 53.7 Å². The van der Waals surface area contributed by atoms with Gasteiger partial charge in [-0.1, -0.05) is 6.07 Å². The second kappa shape index (κ2) is 8.74. The maximum Gasteiger partial charge on any atom is 0.416 e. The number of piperidine rings is 1. The van der Waals surface area contributed by atoms with Crippen molar-refractivity contribution in [2.24, 2.45) is 17.8 Å². The average molecular weight is 505 g/mol. The molecule has 1 saturated heterocycles. The van der Waals surface area contributed by atoms with Crippen LogP contribution in [0.3, 0.4) is 0 Å². The molecule has 0 N–H and O–H groups in total. The first-order valence-corrected chi connectivity index (χ1v) is 12.1. The number of aromatic nitrogens is 3. The van der Waals surface area contributed by atoms with Gasteiger partial charge in [0.2, 0.25) is 0 Å². The molecule has 2 aliphatic rings. The number of likely N-dealkylation sites (tertiary alicyclic amines) is 1. The number of carbonyl (C=O) groups is 1. The maximum absolute atomic E-state index is 14.7. The fraction of sp³-hybridized carbons (Fsp3) is 0.500. The summed E-state index contributed by atoms with van der Waals surface area (Å²) in [5, 5.41) is 4.58. The Morgan fingerprint density at radius 3 is 2.39 bits per heavy atom. The summed E-state index contributed by atoms with van der Waals surface area (Å²) >= 11 is 0. The van der Waals surface area contributed by atoms with Gasteiger partial charge in [0, 0.05) is 36.8 Å². The molecule has 3 atom stereocenters. The molecule has 2 aromatic heterocycles. The van der Waals surface area contributed by atoms with Crippen molar-refractivity contribution in [3.63, 3.8) is 0 Å². The molecule has 1 aromatic carbocycles. The van der Waals surface area contributed by atoms with Crippen LogP contribution in [-0.2, 0) is 17.3 Å². The second-order valence-electron chi connectivity index (χ2n) is 10.8. The van der Waals surface area contributed by atoms with Crippen LogP contribution in [0.1, 0.15) is 45.0 Å². The highest BCUT2D eigenvalue weighted by atomic mass is 19.4. The molecule has 0 radical (unpaired) electrons. The molecule has 36 heavy (non-hydrogen) atoms. The lowest BCUT2D eigenvalue weighted by atomic mass is 9.82. The van der Waals surface area contributed by atoms with Gasteiger partial charge >= 0.3 is 12.3 Å². The van der Waals surface area contributed by atoms with E-state index in [0.717, 1.165) is 25.0 Å². The number of benzene rings is 1. The van der Waals surface area contributed by atoms with E-state index < -0.39 is 23.2 Å². The molecule has 1 aliphatic heterocycles. The number of amides is 1. The molecular weight excluding hydrogens is 476 g/mol. The standard InChI is InChI=1S/C26H28F4N4O2/c1-25(2,3)36-24(35)33-13-15-6-7-16(14-33)20(15)12-22-31-23-19(5-4-10-34(23)32-22)18-9-8-17(11-21(18)27)26(28,29)30/h4-5,8-11,15-16,20H,6-7,12-14H2,1-3H3/t15-,16+,20?. The molecule has 3 aromatic rings. The lowest BCUT2D eigenvalue weighted by Gasteiger charge is -2.38. The van der Waals surface area contributed by atoms with Gasteiger partial charge in [-0.2, -0.15) is 18.3 Å². The quantitative estimate of drug-likeness (QED) is 0.411. The van der Waals surface area contributed by atoms with Crippen molar-refractivity contribution in [1.29, 1.82) is 0 Å². The summed E-state index contributed by atoms with van der Waals surface area (Å²) in [6, 6.07) is 5.81. The van der Waals surface area contributed by atoms with Gasteiger partial charge in [0.05, 0.1) is 5.56 Å². The molecule has 192 valence electrons. The number of nitrogens with zero attached hydrogens (tertiary/aromatic N) is 4. The number of carbonyl (C=O) groups excluding carboxylic acids is 1. The van der Waals surface area contributed by atoms with Crippen LogP contribution in [-0.4, -0.2) is 44.3 Å². The Morgan fingerprint density at radius 2 is 1.78 bits per heavy atom. The van der Waals surface area contributed by atoms with Crippen LogP contribution >= 0.6 is 0 Å². The summed E-state index contributed by atoms with van der Waals surface area (Å²) in [4.78, 5) is 19.0. The van der Waals surface area contributed by atoms with Crippen LogP contribution in [0.4, 0.5) is 22.4 Å². The molecule has 1 amide bonds. The monoisotopic (exact) mass is 504 g/mol. The lowest BCUT2D eigenvalue weighted by molar-refractivity contribution is -0.137. The van der Waals surface area contributed by atoms with Gasteiger partial charge in [-0.25, -0.2) is 18.7 Å². The zero-order valence-electron chi connectivity index (χ0n) is 20.3. The van der Waals surface area contributed by atoms with Crippen molar-refractivity contribution < 1.29 is 27.1 Å². The molecule has 5 rings (SSSR count). The average Bonchev–Trinajstić information content (AvgIpc) is 3.28. The molecule has 1 aliphatic carbocycles. The first kappa shape index (κ1) is 24.5. The number of rotatable bonds is 3. The van der Waals surface area contributed by atoms with Gasteiger partial charge in [0.1, 0.15) is 11.4 Å². The smallest absolute Gasteiger partial charge is 0.416 e. The summed E-state index contributed by atoms with van der Waals surface area (Å²) in [6.07, 6.45) is -0.558. The largest absolute Gasteiger partial charge is 0.444 e. The van der Waals surface area contributed by atoms with Crippen LogP contribution in [0.15, 0.2) is 36.5 Å². The molecule has 6 nitrogen and oxygen atoms in total. The van der Waals surface area contributed by atoms with Crippen molar-refractivity contribution in [2.75, 3.05) is 13.1 Å². The maximum atomic E-state index is 14.7. The third-order valence-electron chi connectivity index (χ3n) is 7.09. The highest BCUT2D eigenvalue weighted by molar-refractivity contribution is 5.77. The van der Waals surface area contributed by atoms with Gasteiger partial charge in [-0.05, 0) is 75.6 Å². The van der Waals surface area contributed by atoms with Gasteiger partial charge in [-0.3, -0.25) is 0 Å². The van der Waals surface area contributed by atoms with E-state index in [1.54, 1.807) is 27.7 Å². The molecule has 3 heterocycles. The minimum Gasteiger partial charge on any atom is -0.444 e. The van der Waals surface area contributed by atoms with Crippen molar-refractivity contribution in [1.82, 2.24) is 19.5 Å². The highest BCUT2D eigenvalue weighted by Crippen LogP contribution is 2.44. The molecule has 2 fully saturated rings. The van der Waals surface area contributed by atoms with E-state index in [4.69, 9.17) is 4.74 Å². The van der Waals surface area contributed by atoms with E-state index in [1.165, 1.54) is 0 Å². The summed E-state index contributed by atoms with van der Waals surface area (Å²) in [7, 11) is 0. The third-order valence-corrected chi connectivity index (χ3v) is 7.09. The lowest BCUT2D eigenvalue weighted by Crippen LogP contribution is -2.47. The Kier molecular flexibility index (Phi) is 5.95. The van der Waals surface area contributed by atoms with E-state index in [1.807, 2.05) is 20.8 Å². The molecule has 2 bridgehead atoms. The van der Waals surface area contributed by atoms with Crippen molar-refractivity contribution in [2.45, 2.75) is 51.8 Å². The van der Waals surface area contributed by atoms with Crippen LogP contribution in [0.2, 0.25) is 0 Å². The van der Waals surface area contributed by atoms with Crippen LogP contribution in [0.5, 0.6) is 0 Å². The van der Waals surface area contributed by atoms with Crippen molar-refractivity contribution in [3.8, 4) is 11.1 Å². The fourth-order valence-corrected chi connectivity index (χ4v) is 5.51. The zero-order chi connectivity index (χ0) is 25.8. The van der Waals surface area contributed by atoms with Gasteiger partial charge in [0.15, 0.2) is 11.5 Å².